The van der Waals surface area contributed by atoms with Gasteiger partial charge in [0.2, 0.25) is 0 Å². The van der Waals surface area contributed by atoms with Crippen LogP contribution in [0, 0.1) is 5.82 Å². The molecule has 0 atom stereocenters. The first kappa shape index (κ1) is 23.5. The molecule has 0 saturated carbocycles. The minimum Gasteiger partial charge on any atom is -0.366 e. The highest BCUT2D eigenvalue weighted by Gasteiger charge is 2.31. The fourth-order valence-corrected chi connectivity index (χ4v) is 4.25. The second-order valence-electron chi connectivity index (χ2n) is 8.36. The second-order valence-corrected chi connectivity index (χ2v) is 8.36. The van der Waals surface area contributed by atoms with Crippen molar-refractivity contribution >= 4 is 17.0 Å². The van der Waals surface area contributed by atoms with Crippen LogP contribution in [0.4, 0.5) is 17.6 Å². The van der Waals surface area contributed by atoms with Gasteiger partial charge in [0.15, 0.2) is 5.49 Å². The van der Waals surface area contributed by atoms with Gasteiger partial charge in [0.25, 0.3) is 5.56 Å². The van der Waals surface area contributed by atoms with Crippen molar-refractivity contribution in [3.8, 4) is 5.69 Å². The number of H-pyrrole nitrogens is 1. The summed E-state index contributed by atoms with van der Waals surface area (Å²) in [4.78, 5) is 18.2. The van der Waals surface area contributed by atoms with Crippen LogP contribution in [0.15, 0.2) is 75.9 Å². The molecule has 1 aliphatic heterocycles. The predicted molar refractivity (Wildman–Crippen MR) is 127 cm³/mol. The van der Waals surface area contributed by atoms with Crippen molar-refractivity contribution < 1.29 is 17.6 Å². The van der Waals surface area contributed by atoms with Gasteiger partial charge >= 0.3 is 6.18 Å². The van der Waals surface area contributed by atoms with Crippen molar-refractivity contribution in [3.63, 3.8) is 0 Å². The lowest BCUT2D eigenvalue weighted by Gasteiger charge is -2.13. The minimum atomic E-state index is -4.63. The zero-order valence-electron chi connectivity index (χ0n) is 19.2. The molecule has 1 aliphatic rings. The largest absolute Gasteiger partial charge is 0.416 e. The third-order valence-corrected chi connectivity index (χ3v) is 6.17. The number of allylic oxidation sites excluding steroid dienone is 1. The van der Waals surface area contributed by atoms with E-state index in [4.69, 9.17) is 4.99 Å². The second kappa shape index (κ2) is 9.10. The molecular weight excluding hydrogens is 474 g/mol. The van der Waals surface area contributed by atoms with E-state index in [0.29, 0.717) is 52.0 Å². The van der Waals surface area contributed by atoms with Crippen LogP contribution in [0.3, 0.4) is 0 Å². The number of fused-ring (bicyclic) bond motifs is 3. The maximum atomic E-state index is 14.5. The van der Waals surface area contributed by atoms with Crippen molar-refractivity contribution in [1.29, 1.82) is 0 Å². The first-order valence-corrected chi connectivity index (χ1v) is 11.3. The standard InChI is InChI=1S/C26H21F4N5O/c1-2-15-9-11-19-22-20(14-32-34-22)25(36)35(18-6-4-3-5-7-18)24(19)33-23(15)31-13-16-8-10-17(12-21(16)27)26(28,29)30/h3-8,10-12,14,31H,2,9,13H2,1H3,(H,32,34). The smallest absolute Gasteiger partial charge is 0.366 e. The van der Waals surface area contributed by atoms with Crippen LogP contribution in [0.25, 0.3) is 22.7 Å². The van der Waals surface area contributed by atoms with E-state index >= 15 is 0 Å². The van der Waals surface area contributed by atoms with Gasteiger partial charge in [-0.25, -0.2) is 9.38 Å². The summed E-state index contributed by atoms with van der Waals surface area (Å²) in [5.41, 5.74) is 1.19. The molecule has 6 nitrogen and oxygen atoms in total. The van der Waals surface area contributed by atoms with Gasteiger partial charge in [-0.3, -0.25) is 14.5 Å². The molecular formula is C26H21F4N5O. The highest BCUT2D eigenvalue weighted by molar-refractivity contribution is 5.78. The van der Waals surface area contributed by atoms with E-state index < -0.39 is 17.6 Å². The lowest BCUT2D eigenvalue weighted by atomic mass is 10.1. The van der Waals surface area contributed by atoms with Gasteiger partial charge in [-0.05, 0) is 42.7 Å². The van der Waals surface area contributed by atoms with Gasteiger partial charge in [0.05, 0.1) is 28.4 Å². The van der Waals surface area contributed by atoms with Gasteiger partial charge in [-0.2, -0.15) is 18.3 Å². The molecule has 0 saturated heterocycles. The Morgan fingerprint density at radius 3 is 2.61 bits per heavy atom. The van der Waals surface area contributed by atoms with Crippen molar-refractivity contribution in [3.05, 3.63) is 104 Å². The van der Waals surface area contributed by atoms with E-state index in [1.807, 2.05) is 31.2 Å². The molecule has 2 N–H and O–H groups in total. The SMILES string of the molecule is CCC1=C(NCc2ccc(C(F)(F)F)cc2F)N=c2c(c3[nH]ncc3c(=O)n2-c2ccccc2)=CC1. The van der Waals surface area contributed by atoms with E-state index in [9.17, 15) is 22.4 Å². The van der Waals surface area contributed by atoms with Crippen LogP contribution in [0.2, 0.25) is 0 Å². The zero-order chi connectivity index (χ0) is 25.4. The van der Waals surface area contributed by atoms with Gasteiger partial charge in [0, 0.05) is 17.3 Å². The molecule has 2 aromatic carbocycles. The molecule has 4 aromatic rings. The minimum absolute atomic E-state index is 0.0686. The molecule has 184 valence electrons. The van der Waals surface area contributed by atoms with Crippen LogP contribution < -0.4 is 21.6 Å². The van der Waals surface area contributed by atoms with Gasteiger partial charge in [-0.1, -0.05) is 37.3 Å². The highest BCUT2D eigenvalue weighted by atomic mass is 19.4. The number of benzene rings is 2. The van der Waals surface area contributed by atoms with Gasteiger partial charge in [-0.15, -0.1) is 0 Å². The third kappa shape index (κ3) is 4.19. The fraction of sp³-hybridized carbons (Fsp3) is 0.192. The average Bonchev–Trinajstić information content (AvgIpc) is 3.27. The van der Waals surface area contributed by atoms with Crippen LogP contribution in [0.5, 0.6) is 0 Å². The molecule has 0 spiro atoms. The Morgan fingerprint density at radius 1 is 1.14 bits per heavy atom. The average molecular weight is 495 g/mol. The van der Waals surface area contributed by atoms with Crippen LogP contribution in [-0.2, 0) is 12.7 Å². The summed E-state index contributed by atoms with van der Waals surface area (Å²) < 4.78 is 54.7. The normalized spacial score (nSPS) is 13.7. The number of hydrogen-bond donors (Lipinski definition) is 2. The highest BCUT2D eigenvalue weighted by Crippen LogP contribution is 2.30. The van der Waals surface area contributed by atoms with E-state index in [-0.39, 0.29) is 17.7 Å². The van der Waals surface area contributed by atoms with E-state index in [2.05, 4.69) is 15.5 Å². The lowest BCUT2D eigenvalue weighted by Crippen LogP contribution is -2.43. The molecule has 0 amide bonds. The van der Waals surface area contributed by atoms with Gasteiger partial charge in [0.1, 0.15) is 11.6 Å². The van der Waals surface area contributed by atoms with E-state index in [1.165, 1.54) is 10.8 Å². The maximum absolute atomic E-state index is 14.5. The Kier molecular flexibility index (Phi) is 5.95. The topological polar surface area (TPSA) is 75.1 Å². The summed E-state index contributed by atoms with van der Waals surface area (Å²) in [7, 11) is 0. The predicted octanol–water partition coefficient (Wildman–Crippen LogP) is 4.09. The van der Waals surface area contributed by atoms with Gasteiger partial charge < -0.3 is 5.32 Å². The molecule has 36 heavy (non-hydrogen) atoms. The van der Waals surface area contributed by atoms with Crippen molar-refractivity contribution in [2.75, 3.05) is 0 Å². The number of hydrogen-bond acceptors (Lipinski definition) is 4. The summed E-state index contributed by atoms with van der Waals surface area (Å²) in [6.07, 6.45) is -0.0549. The number of aromatic nitrogens is 3. The number of rotatable bonds is 5. The zero-order valence-corrected chi connectivity index (χ0v) is 19.2. The Hall–Kier alpha value is -4.21. The summed E-state index contributed by atoms with van der Waals surface area (Å²) in [5, 5.41) is 11.2. The fourth-order valence-electron chi connectivity index (χ4n) is 4.25. The molecule has 5 rings (SSSR count). The number of para-hydroxylation sites is 1. The number of nitrogens with one attached hydrogen (secondary N) is 2. The summed E-state index contributed by atoms with van der Waals surface area (Å²) >= 11 is 0. The number of halogens is 4. The van der Waals surface area contributed by atoms with Crippen molar-refractivity contribution in [2.45, 2.75) is 32.5 Å². The molecule has 0 radical (unpaired) electrons. The monoisotopic (exact) mass is 495 g/mol. The Labute approximate surface area is 202 Å². The quantitative estimate of drug-likeness (QED) is 0.410. The summed E-state index contributed by atoms with van der Waals surface area (Å²) in [5.74, 6) is -0.522. The first-order chi connectivity index (χ1) is 17.3. The van der Waals surface area contributed by atoms with E-state index in [1.54, 1.807) is 12.1 Å². The molecule has 10 heteroatoms. The number of nitrogens with zero attached hydrogens (tertiary/aromatic N) is 3. The number of alkyl halides is 3. The maximum Gasteiger partial charge on any atom is 0.416 e. The third-order valence-electron chi connectivity index (χ3n) is 6.17. The molecule has 0 unspecified atom stereocenters. The molecule has 0 aliphatic carbocycles. The molecule has 3 heterocycles. The lowest BCUT2D eigenvalue weighted by molar-refractivity contribution is -0.137. The molecule has 0 bridgehead atoms. The Morgan fingerprint density at radius 2 is 1.92 bits per heavy atom. The number of pyridine rings is 1. The molecule has 2 aromatic heterocycles. The van der Waals surface area contributed by atoms with Crippen molar-refractivity contribution in [1.82, 2.24) is 20.1 Å². The Balaban J connectivity index is 1.64. The van der Waals surface area contributed by atoms with E-state index in [0.717, 1.165) is 17.7 Å². The first-order valence-electron chi connectivity index (χ1n) is 11.3. The molecule has 0 fully saturated rings. The van der Waals surface area contributed by atoms with Crippen molar-refractivity contribution in [2.24, 2.45) is 4.99 Å². The summed E-state index contributed by atoms with van der Waals surface area (Å²) in [6.45, 7) is 1.87. The summed E-state index contributed by atoms with van der Waals surface area (Å²) in [6, 6.07) is 11.5. The Bertz CT molecular complexity index is 1670. The van der Waals surface area contributed by atoms with Crippen LogP contribution >= 0.6 is 0 Å². The van der Waals surface area contributed by atoms with Crippen LogP contribution in [-0.4, -0.2) is 14.8 Å². The number of aromatic amines is 1. The van der Waals surface area contributed by atoms with Crippen LogP contribution in [0.1, 0.15) is 30.9 Å².